The molecule has 2 aromatic rings. The van der Waals surface area contributed by atoms with Crippen molar-refractivity contribution in [3.8, 4) is 11.8 Å². The van der Waals surface area contributed by atoms with Crippen molar-refractivity contribution in [2.45, 2.75) is 19.1 Å². The summed E-state index contributed by atoms with van der Waals surface area (Å²) in [7, 11) is 0. The van der Waals surface area contributed by atoms with Crippen LogP contribution in [0.25, 0.3) is 0 Å². The Hall–Kier alpha value is -3.85. The van der Waals surface area contributed by atoms with E-state index in [1.165, 1.54) is 12.4 Å². The molecule has 4 N–H and O–H groups in total. The molecule has 0 radical (unpaired) electrons. The predicted molar refractivity (Wildman–Crippen MR) is 137 cm³/mol. The Morgan fingerprint density at radius 1 is 0.946 bits per heavy atom. The van der Waals surface area contributed by atoms with Crippen molar-refractivity contribution in [3.63, 3.8) is 0 Å². The number of carbonyl (C=O) groups is 2. The number of nitrogens with zero attached hydrogens (tertiary/aromatic N) is 4. The number of carbonyl (C=O) groups excluding carboxylic acids is 2. The lowest BCUT2D eigenvalue weighted by Gasteiger charge is -2.36. The molecule has 0 saturated carbocycles. The van der Waals surface area contributed by atoms with Gasteiger partial charge < -0.3 is 29.9 Å². The normalized spacial score (nSPS) is 17.3. The van der Waals surface area contributed by atoms with Gasteiger partial charge in [0.25, 0.3) is 5.91 Å². The van der Waals surface area contributed by atoms with Crippen molar-refractivity contribution in [1.82, 2.24) is 20.7 Å². The smallest absolute Gasteiger partial charge is 0.318 e. The van der Waals surface area contributed by atoms with Crippen molar-refractivity contribution in [2.75, 3.05) is 62.3 Å². The van der Waals surface area contributed by atoms with E-state index in [2.05, 4.69) is 31.9 Å². The number of benzene rings is 1. The van der Waals surface area contributed by atoms with E-state index in [9.17, 15) is 14.7 Å². The van der Waals surface area contributed by atoms with E-state index in [0.29, 0.717) is 26.2 Å². The summed E-state index contributed by atoms with van der Waals surface area (Å²) in [6.45, 7) is 6.64. The number of aliphatic hydroxyl groups is 1. The van der Waals surface area contributed by atoms with Gasteiger partial charge in [-0.2, -0.15) is 0 Å². The van der Waals surface area contributed by atoms with Crippen molar-refractivity contribution in [1.29, 1.82) is 0 Å². The number of hydrogen-bond acceptors (Lipinski definition) is 8. The van der Waals surface area contributed by atoms with E-state index in [-0.39, 0.29) is 0 Å². The van der Waals surface area contributed by atoms with Crippen molar-refractivity contribution < 1.29 is 24.6 Å². The third-order valence-electron chi connectivity index (χ3n) is 6.39. The molecular formula is C26H32N6O5. The molecule has 0 bridgehead atoms. The van der Waals surface area contributed by atoms with Crippen LogP contribution in [0.3, 0.4) is 0 Å². The van der Waals surface area contributed by atoms with Gasteiger partial charge in [-0.1, -0.05) is 11.8 Å². The second kappa shape index (κ2) is 12.4. The molecule has 3 heterocycles. The highest BCUT2D eigenvalue weighted by Gasteiger charge is 2.29. The summed E-state index contributed by atoms with van der Waals surface area (Å²) >= 11 is 0. The molecule has 2 aliphatic heterocycles. The van der Waals surface area contributed by atoms with Crippen LogP contribution in [0.5, 0.6) is 0 Å². The predicted octanol–water partition coefficient (Wildman–Crippen LogP) is 0.404. The van der Waals surface area contributed by atoms with Crippen molar-refractivity contribution in [2.24, 2.45) is 0 Å². The Morgan fingerprint density at radius 2 is 1.59 bits per heavy atom. The van der Waals surface area contributed by atoms with E-state index in [4.69, 9.17) is 9.94 Å². The lowest BCUT2D eigenvalue weighted by Crippen LogP contribution is -2.58. The maximum atomic E-state index is 12.5. The first-order valence-corrected chi connectivity index (χ1v) is 12.3. The molecule has 1 aromatic carbocycles. The standard InChI is InChI=1S/C26H32N6O5/c1-19(33)24(25(34)29-36)28-26(35)32-12-10-30(11-13-32)22-7-4-20(5-8-22)2-3-21-6-9-23(27-18-21)31-14-16-37-17-15-31/h4-9,18-19,24,33,36H,10-17H2,1H3,(H,28,35)(H,29,34)/t19-,24+/m1/s1. The number of hydrogen-bond donors (Lipinski definition) is 4. The summed E-state index contributed by atoms with van der Waals surface area (Å²) < 4.78 is 5.38. The third kappa shape index (κ3) is 6.89. The number of piperazine rings is 1. The monoisotopic (exact) mass is 508 g/mol. The van der Waals surface area contributed by atoms with E-state index < -0.39 is 24.1 Å². The van der Waals surface area contributed by atoms with Gasteiger partial charge in [0.1, 0.15) is 11.9 Å². The summed E-state index contributed by atoms with van der Waals surface area (Å²) in [6.07, 6.45) is 0.645. The molecule has 0 unspecified atom stereocenters. The fraction of sp³-hybridized carbons (Fsp3) is 0.423. The maximum absolute atomic E-state index is 12.5. The number of hydroxylamine groups is 1. The van der Waals surface area contributed by atoms with Gasteiger partial charge >= 0.3 is 6.03 Å². The highest BCUT2D eigenvalue weighted by Crippen LogP contribution is 2.18. The van der Waals surface area contributed by atoms with Crippen LogP contribution in [0.4, 0.5) is 16.3 Å². The van der Waals surface area contributed by atoms with Crippen LogP contribution in [-0.2, 0) is 9.53 Å². The van der Waals surface area contributed by atoms with E-state index in [0.717, 1.165) is 48.9 Å². The average molecular weight is 509 g/mol. The molecule has 2 aliphatic rings. The number of rotatable bonds is 5. The number of aliphatic hydroxyl groups excluding tert-OH is 1. The second-order valence-electron chi connectivity index (χ2n) is 8.92. The number of nitrogens with one attached hydrogen (secondary N) is 2. The molecule has 2 saturated heterocycles. The Kier molecular flexibility index (Phi) is 8.79. The summed E-state index contributed by atoms with van der Waals surface area (Å²) in [5.74, 6) is 6.41. The average Bonchev–Trinajstić information content (AvgIpc) is 2.95. The highest BCUT2D eigenvalue weighted by molar-refractivity contribution is 5.87. The van der Waals surface area contributed by atoms with E-state index in [1.54, 1.807) is 11.1 Å². The second-order valence-corrected chi connectivity index (χ2v) is 8.92. The SMILES string of the molecule is C[C@@H](O)[C@H](NC(=O)N1CCN(c2ccc(C#Cc3ccc(N4CCOCC4)nc3)cc2)CC1)C(=O)NO. The van der Waals surface area contributed by atoms with Crippen LogP contribution in [0.15, 0.2) is 42.6 Å². The lowest BCUT2D eigenvalue weighted by atomic mass is 10.1. The molecule has 196 valence electrons. The number of aromatic nitrogens is 1. The Labute approximate surface area is 216 Å². The first kappa shape index (κ1) is 26.2. The minimum Gasteiger partial charge on any atom is -0.391 e. The fourth-order valence-electron chi connectivity index (χ4n) is 4.21. The van der Waals surface area contributed by atoms with Gasteiger partial charge in [-0.15, -0.1) is 0 Å². The van der Waals surface area contributed by atoms with E-state index >= 15 is 0 Å². The van der Waals surface area contributed by atoms with Crippen LogP contribution >= 0.6 is 0 Å². The first-order chi connectivity index (χ1) is 17.9. The summed E-state index contributed by atoms with van der Waals surface area (Å²) in [5.41, 5.74) is 4.24. The number of ether oxygens (including phenoxy) is 1. The molecule has 4 rings (SSSR count). The minimum atomic E-state index is -1.23. The molecule has 0 aliphatic carbocycles. The molecule has 2 fully saturated rings. The number of anilines is 2. The molecule has 0 spiro atoms. The largest absolute Gasteiger partial charge is 0.391 e. The molecule has 2 atom stereocenters. The van der Waals surface area contributed by atoms with Gasteiger partial charge in [-0.3, -0.25) is 10.0 Å². The van der Waals surface area contributed by atoms with Gasteiger partial charge in [0, 0.05) is 62.3 Å². The first-order valence-electron chi connectivity index (χ1n) is 12.3. The highest BCUT2D eigenvalue weighted by atomic mass is 16.5. The Bertz CT molecular complexity index is 1110. The van der Waals surface area contributed by atoms with Crippen LogP contribution in [-0.4, -0.2) is 96.8 Å². The van der Waals surface area contributed by atoms with Gasteiger partial charge in [0.05, 0.1) is 19.3 Å². The summed E-state index contributed by atoms with van der Waals surface area (Å²) in [6, 6.07) is 10.2. The van der Waals surface area contributed by atoms with Gasteiger partial charge in [0.2, 0.25) is 0 Å². The van der Waals surface area contributed by atoms with Crippen LogP contribution < -0.4 is 20.6 Å². The zero-order valence-electron chi connectivity index (χ0n) is 20.8. The zero-order chi connectivity index (χ0) is 26.2. The van der Waals surface area contributed by atoms with Crippen molar-refractivity contribution in [3.05, 3.63) is 53.7 Å². The van der Waals surface area contributed by atoms with Gasteiger partial charge in [-0.05, 0) is 43.3 Å². The Morgan fingerprint density at radius 3 is 2.19 bits per heavy atom. The number of pyridine rings is 1. The van der Waals surface area contributed by atoms with Crippen molar-refractivity contribution >= 4 is 23.4 Å². The zero-order valence-corrected chi connectivity index (χ0v) is 20.8. The van der Waals surface area contributed by atoms with Gasteiger partial charge in [-0.25, -0.2) is 15.3 Å². The molecule has 11 nitrogen and oxygen atoms in total. The lowest BCUT2D eigenvalue weighted by molar-refractivity contribution is -0.133. The minimum absolute atomic E-state index is 0.452. The molecule has 1 aromatic heterocycles. The van der Waals surface area contributed by atoms with E-state index in [1.807, 2.05) is 36.4 Å². The molecule has 11 heteroatoms. The summed E-state index contributed by atoms with van der Waals surface area (Å²) in [5, 5.41) is 21.0. The fourth-order valence-corrected chi connectivity index (χ4v) is 4.21. The Balaban J connectivity index is 1.28. The molecule has 37 heavy (non-hydrogen) atoms. The third-order valence-corrected chi connectivity index (χ3v) is 6.39. The summed E-state index contributed by atoms with van der Waals surface area (Å²) in [4.78, 5) is 34.6. The van der Waals surface area contributed by atoms with Crippen LogP contribution in [0.1, 0.15) is 18.1 Å². The van der Waals surface area contributed by atoms with Gasteiger partial charge in [0.15, 0.2) is 0 Å². The molecular weight excluding hydrogens is 476 g/mol. The maximum Gasteiger partial charge on any atom is 0.318 e. The topological polar surface area (TPSA) is 130 Å². The quantitative estimate of drug-likeness (QED) is 0.260. The number of amides is 3. The number of urea groups is 1. The molecule has 3 amide bonds. The van der Waals surface area contributed by atoms with Crippen LogP contribution in [0, 0.1) is 11.8 Å². The number of morpholine rings is 1. The van der Waals surface area contributed by atoms with Crippen LogP contribution in [0.2, 0.25) is 0 Å².